The van der Waals surface area contributed by atoms with E-state index < -0.39 is 0 Å². The van der Waals surface area contributed by atoms with Crippen LogP contribution >= 0.6 is 0 Å². The number of nitrogens with one attached hydrogen (secondary N) is 1. The van der Waals surface area contributed by atoms with Gasteiger partial charge in [-0.15, -0.1) is 0 Å². The molecule has 0 amide bonds. The average molecular weight is 265 g/mol. The number of rotatable bonds is 3. The van der Waals surface area contributed by atoms with E-state index in [-0.39, 0.29) is 12.4 Å². The van der Waals surface area contributed by atoms with Crippen LogP contribution in [0.25, 0.3) is 0 Å². The van der Waals surface area contributed by atoms with Gasteiger partial charge in [0, 0.05) is 29.9 Å². The van der Waals surface area contributed by atoms with Crippen LogP contribution in [0.2, 0.25) is 0 Å². The quantitative estimate of drug-likeness (QED) is 0.708. The molecule has 0 bridgehead atoms. The molecule has 1 aromatic heterocycles. The summed E-state index contributed by atoms with van der Waals surface area (Å²) in [6, 6.07) is 9.71. The van der Waals surface area contributed by atoms with Crippen LogP contribution in [0.15, 0.2) is 42.7 Å². The van der Waals surface area contributed by atoms with Crippen LogP contribution in [-0.2, 0) is 13.6 Å². The summed E-state index contributed by atoms with van der Waals surface area (Å²) in [5, 5.41) is 12.9. The summed E-state index contributed by atoms with van der Waals surface area (Å²) < 4.78 is 2.02. The number of phenolic OH excluding ortho intramolecular Hbond substituents is 1. The van der Waals surface area contributed by atoms with Crippen molar-refractivity contribution in [2.45, 2.75) is 13.5 Å². The van der Waals surface area contributed by atoms with Gasteiger partial charge in [-0.1, -0.05) is 6.07 Å². The third-order valence-corrected chi connectivity index (χ3v) is 2.71. The number of aromatic hydroxyl groups is 1. The molecule has 1 aromatic carbocycles. The van der Waals surface area contributed by atoms with Gasteiger partial charge in [-0.05, 0) is 24.6 Å². The highest BCUT2D eigenvalue weighted by Crippen LogP contribution is 2.21. The van der Waals surface area contributed by atoms with Crippen LogP contribution in [0.5, 0.6) is 5.75 Å². The second-order valence-electron chi connectivity index (χ2n) is 4.23. The first-order valence-corrected chi connectivity index (χ1v) is 5.63. The zero-order chi connectivity index (χ0) is 12.3. The number of hydrogen-bond donors (Lipinski definition) is 2. The monoisotopic (exact) mass is 264 g/mol. The third kappa shape index (κ3) is 3.64. The lowest BCUT2D eigenvalue weighted by atomic mass is 10.2. The highest BCUT2D eigenvalue weighted by Gasteiger charge is 2.00. The van der Waals surface area contributed by atoms with E-state index in [2.05, 4.69) is 17.6 Å². The lowest BCUT2D eigenvalue weighted by molar-refractivity contribution is -0.671. The molecule has 0 aliphatic heterocycles. The van der Waals surface area contributed by atoms with Crippen molar-refractivity contribution in [1.29, 1.82) is 0 Å². The number of anilines is 1. The zero-order valence-electron chi connectivity index (χ0n) is 10.5. The number of phenols is 1. The van der Waals surface area contributed by atoms with Crippen molar-refractivity contribution in [2.24, 2.45) is 7.05 Å². The Kier molecular flexibility index (Phi) is 4.98. The molecule has 1 heterocycles. The standard InChI is InChI=1S/C14H16N2O.ClH/c1-11-5-6-13(8-14(11)17)15-9-12-4-3-7-16(2)10-12;/h3-8,10,15H,9H2,1-2H3;1H. The Balaban J connectivity index is 0.00000162. The predicted octanol–water partition coefficient (Wildman–Crippen LogP) is -0.859. The minimum atomic E-state index is 0. The first-order chi connectivity index (χ1) is 8.15. The smallest absolute Gasteiger partial charge is 0.173 e. The van der Waals surface area contributed by atoms with Gasteiger partial charge in [0.05, 0.1) is 0 Å². The minimum absolute atomic E-state index is 0. The maximum absolute atomic E-state index is 9.60. The highest BCUT2D eigenvalue weighted by atomic mass is 35.5. The molecular formula is C14H17ClN2O. The summed E-state index contributed by atoms with van der Waals surface area (Å²) in [5.74, 6) is 0.327. The van der Waals surface area contributed by atoms with E-state index in [0.717, 1.165) is 17.8 Å². The van der Waals surface area contributed by atoms with Crippen molar-refractivity contribution in [1.82, 2.24) is 0 Å². The number of nitrogens with zero attached hydrogens (tertiary/aromatic N) is 1. The molecule has 2 rings (SSSR count). The van der Waals surface area contributed by atoms with Crippen molar-refractivity contribution in [2.75, 3.05) is 5.32 Å². The van der Waals surface area contributed by atoms with Crippen LogP contribution in [0.4, 0.5) is 5.69 Å². The summed E-state index contributed by atoms with van der Waals surface area (Å²) in [6.07, 6.45) is 4.07. The predicted molar refractivity (Wildman–Crippen MR) is 67.8 cm³/mol. The third-order valence-electron chi connectivity index (χ3n) is 2.71. The fourth-order valence-electron chi connectivity index (χ4n) is 1.68. The molecule has 0 saturated carbocycles. The summed E-state index contributed by atoms with van der Waals surface area (Å²) >= 11 is 0. The molecule has 0 atom stereocenters. The zero-order valence-corrected chi connectivity index (χ0v) is 11.3. The van der Waals surface area contributed by atoms with Crippen LogP contribution in [0, 0.1) is 6.92 Å². The van der Waals surface area contributed by atoms with E-state index >= 15 is 0 Å². The van der Waals surface area contributed by atoms with Gasteiger partial charge >= 0.3 is 0 Å². The topological polar surface area (TPSA) is 36.1 Å². The normalized spacial score (nSPS) is 9.67. The molecule has 3 nitrogen and oxygen atoms in total. The number of benzene rings is 1. The number of pyridine rings is 1. The van der Waals surface area contributed by atoms with Gasteiger partial charge in [-0.2, -0.15) is 0 Å². The van der Waals surface area contributed by atoms with E-state index in [9.17, 15) is 5.11 Å². The summed E-state index contributed by atoms with van der Waals surface area (Å²) in [4.78, 5) is 0. The van der Waals surface area contributed by atoms with Crippen molar-refractivity contribution >= 4 is 5.69 Å². The van der Waals surface area contributed by atoms with Gasteiger partial charge in [0.15, 0.2) is 12.4 Å². The second kappa shape index (κ2) is 6.26. The summed E-state index contributed by atoms with van der Waals surface area (Å²) in [5.41, 5.74) is 3.02. The molecule has 0 saturated heterocycles. The van der Waals surface area contributed by atoms with Crippen molar-refractivity contribution in [3.63, 3.8) is 0 Å². The van der Waals surface area contributed by atoms with Crippen molar-refractivity contribution < 1.29 is 22.1 Å². The minimum Gasteiger partial charge on any atom is -1.00 e. The molecule has 0 unspecified atom stereocenters. The Morgan fingerprint density at radius 1 is 1.28 bits per heavy atom. The fraction of sp³-hybridized carbons (Fsp3) is 0.214. The van der Waals surface area contributed by atoms with Crippen molar-refractivity contribution in [3.05, 3.63) is 53.9 Å². The molecule has 0 fully saturated rings. The first-order valence-electron chi connectivity index (χ1n) is 5.63. The number of aryl methyl sites for hydroxylation is 2. The van der Waals surface area contributed by atoms with E-state index in [4.69, 9.17) is 0 Å². The Labute approximate surface area is 114 Å². The van der Waals surface area contributed by atoms with Gasteiger partial charge in [0.25, 0.3) is 0 Å². The molecule has 0 spiro atoms. The second-order valence-corrected chi connectivity index (χ2v) is 4.23. The van der Waals surface area contributed by atoms with Gasteiger partial charge in [0.2, 0.25) is 0 Å². The van der Waals surface area contributed by atoms with Crippen LogP contribution in [0.3, 0.4) is 0 Å². The van der Waals surface area contributed by atoms with Crippen LogP contribution in [0.1, 0.15) is 11.1 Å². The number of hydrogen-bond acceptors (Lipinski definition) is 2. The first kappa shape index (κ1) is 14.3. The molecule has 0 aliphatic rings. The van der Waals surface area contributed by atoms with Gasteiger partial charge in [-0.3, -0.25) is 0 Å². The van der Waals surface area contributed by atoms with E-state index in [1.54, 1.807) is 6.07 Å². The van der Waals surface area contributed by atoms with Gasteiger partial charge < -0.3 is 22.8 Å². The van der Waals surface area contributed by atoms with E-state index in [1.807, 2.05) is 42.9 Å². The fourth-order valence-corrected chi connectivity index (χ4v) is 1.68. The van der Waals surface area contributed by atoms with E-state index in [1.165, 1.54) is 5.56 Å². The lowest BCUT2D eigenvalue weighted by Crippen LogP contribution is -3.00. The Morgan fingerprint density at radius 3 is 2.72 bits per heavy atom. The average Bonchev–Trinajstić information content (AvgIpc) is 2.31. The van der Waals surface area contributed by atoms with Crippen molar-refractivity contribution in [3.8, 4) is 5.75 Å². The molecule has 4 heteroatoms. The summed E-state index contributed by atoms with van der Waals surface area (Å²) in [7, 11) is 2.00. The molecule has 0 aliphatic carbocycles. The van der Waals surface area contributed by atoms with Gasteiger partial charge in [0.1, 0.15) is 12.8 Å². The Morgan fingerprint density at radius 2 is 2.06 bits per heavy atom. The maximum atomic E-state index is 9.60. The summed E-state index contributed by atoms with van der Waals surface area (Å²) in [6.45, 7) is 2.63. The van der Waals surface area contributed by atoms with E-state index in [0.29, 0.717) is 5.75 Å². The molecule has 96 valence electrons. The molecule has 0 radical (unpaired) electrons. The molecular weight excluding hydrogens is 248 g/mol. The molecule has 18 heavy (non-hydrogen) atoms. The van der Waals surface area contributed by atoms with Gasteiger partial charge in [-0.25, -0.2) is 4.57 Å². The Bertz CT molecular complexity index is 529. The Hall–Kier alpha value is -1.74. The molecule has 2 aromatic rings. The lowest BCUT2D eigenvalue weighted by Gasteiger charge is -2.07. The van der Waals surface area contributed by atoms with Crippen LogP contribution in [-0.4, -0.2) is 5.11 Å². The van der Waals surface area contributed by atoms with Crippen LogP contribution < -0.4 is 22.3 Å². The molecule has 2 N–H and O–H groups in total. The number of halogens is 1. The largest absolute Gasteiger partial charge is 1.00 e. The maximum Gasteiger partial charge on any atom is 0.173 e. The highest BCUT2D eigenvalue weighted by molar-refractivity contribution is 5.51. The SMILES string of the molecule is Cc1ccc(NCc2ccc[n+](C)c2)cc1O.[Cl-]. The number of aromatic nitrogens is 1.